The van der Waals surface area contributed by atoms with Gasteiger partial charge in [0.05, 0.1) is 12.0 Å². The van der Waals surface area contributed by atoms with E-state index in [-0.39, 0.29) is 30.7 Å². The Bertz CT molecular complexity index is 1050. The van der Waals surface area contributed by atoms with Crippen LogP contribution < -0.4 is 5.32 Å². The Morgan fingerprint density at radius 2 is 1.81 bits per heavy atom. The number of rotatable bonds is 4. The monoisotopic (exact) mass is 365 g/mol. The molecule has 0 bridgehead atoms. The summed E-state index contributed by atoms with van der Waals surface area (Å²) >= 11 is 0. The molecule has 0 saturated carbocycles. The summed E-state index contributed by atoms with van der Waals surface area (Å²) in [6.45, 7) is 0.480. The molecule has 1 N–H and O–H groups in total. The Balaban J connectivity index is 1.39. The number of anilines is 1. The molecule has 8 nitrogen and oxygen atoms in total. The zero-order valence-corrected chi connectivity index (χ0v) is 14.1. The Labute approximate surface area is 153 Å². The van der Waals surface area contributed by atoms with Crippen LogP contribution in [0.2, 0.25) is 0 Å². The zero-order chi connectivity index (χ0) is 19.0. The van der Waals surface area contributed by atoms with Crippen LogP contribution in [-0.4, -0.2) is 34.7 Å². The van der Waals surface area contributed by atoms with Crippen molar-refractivity contribution >= 4 is 34.2 Å². The van der Waals surface area contributed by atoms with Crippen LogP contribution in [0, 0.1) is 16.0 Å². The second-order valence-corrected chi connectivity index (χ2v) is 6.32. The van der Waals surface area contributed by atoms with Gasteiger partial charge in [-0.15, -0.1) is 0 Å². The summed E-state index contributed by atoms with van der Waals surface area (Å²) in [7, 11) is 0. The van der Waals surface area contributed by atoms with Crippen LogP contribution in [0.1, 0.15) is 10.6 Å². The van der Waals surface area contributed by atoms with Crippen molar-refractivity contribution in [1.29, 1.82) is 0 Å². The van der Waals surface area contributed by atoms with Gasteiger partial charge in [0.1, 0.15) is 4.92 Å². The Morgan fingerprint density at radius 1 is 1.07 bits per heavy atom. The highest BCUT2D eigenvalue weighted by Gasteiger charge is 2.37. The van der Waals surface area contributed by atoms with E-state index >= 15 is 0 Å². The fourth-order valence-corrected chi connectivity index (χ4v) is 3.08. The second-order valence-electron chi connectivity index (χ2n) is 6.32. The summed E-state index contributed by atoms with van der Waals surface area (Å²) in [5.74, 6) is -1.55. The molecule has 27 heavy (non-hydrogen) atoms. The van der Waals surface area contributed by atoms with Gasteiger partial charge in [-0.3, -0.25) is 19.7 Å². The van der Waals surface area contributed by atoms with Gasteiger partial charge >= 0.3 is 5.88 Å². The number of nitro groups is 1. The molecule has 3 aromatic rings. The van der Waals surface area contributed by atoms with Gasteiger partial charge in [0, 0.05) is 24.2 Å². The lowest BCUT2D eigenvalue weighted by atomic mass is 9.98. The van der Waals surface area contributed by atoms with Crippen LogP contribution in [0.4, 0.5) is 11.6 Å². The molecule has 0 unspecified atom stereocenters. The minimum atomic E-state index is -0.701. The number of carbonyl (C=O) groups is 2. The van der Waals surface area contributed by atoms with Crippen molar-refractivity contribution in [2.75, 3.05) is 18.4 Å². The van der Waals surface area contributed by atoms with Gasteiger partial charge in [-0.1, -0.05) is 36.4 Å². The van der Waals surface area contributed by atoms with E-state index in [4.69, 9.17) is 4.42 Å². The number of nitrogens with one attached hydrogen (secondary N) is 1. The van der Waals surface area contributed by atoms with E-state index in [2.05, 4.69) is 5.32 Å². The minimum Gasteiger partial charge on any atom is -0.395 e. The van der Waals surface area contributed by atoms with E-state index in [9.17, 15) is 19.7 Å². The molecule has 1 aliphatic heterocycles. The summed E-state index contributed by atoms with van der Waals surface area (Å²) in [4.78, 5) is 36.1. The highest BCUT2D eigenvalue weighted by atomic mass is 16.6. The SMILES string of the molecule is O=C(Nc1cccc2ccccc12)C1CN(C(=O)c2ccc([N+](=O)[O-])o2)C1. The Morgan fingerprint density at radius 3 is 2.56 bits per heavy atom. The molecule has 0 spiro atoms. The number of fused-ring (bicyclic) bond motifs is 1. The first-order valence-corrected chi connectivity index (χ1v) is 8.35. The number of hydrogen-bond donors (Lipinski definition) is 1. The summed E-state index contributed by atoms with van der Waals surface area (Å²) in [6, 6.07) is 15.8. The maximum absolute atomic E-state index is 12.5. The highest BCUT2D eigenvalue weighted by Crippen LogP contribution is 2.26. The number of nitrogens with zero attached hydrogens (tertiary/aromatic N) is 2. The predicted molar refractivity (Wildman–Crippen MR) is 97.3 cm³/mol. The van der Waals surface area contributed by atoms with Gasteiger partial charge in [0.2, 0.25) is 5.91 Å². The molecule has 2 heterocycles. The average Bonchev–Trinajstić information content (AvgIpc) is 3.11. The van der Waals surface area contributed by atoms with Gasteiger partial charge in [0.15, 0.2) is 5.76 Å². The fourth-order valence-electron chi connectivity index (χ4n) is 3.08. The number of likely N-dealkylation sites (tertiary alicyclic amines) is 1. The van der Waals surface area contributed by atoms with Crippen molar-refractivity contribution in [3.63, 3.8) is 0 Å². The molecular weight excluding hydrogens is 350 g/mol. The largest absolute Gasteiger partial charge is 0.433 e. The number of benzene rings is 2. The molecule has 8 heteroatoms. The highest BCUT2D eigenvalue weighted by molar-refractivity contribution is 6.04. The third-order valence-corrected chi connectivity index (χ3v) is 4.57. The third-order valence-electron chi connectivity index (χ3n) is 4.57. The molecule has 1 aromatic heterocycles. The maximum Gasteiger partial charge on any atom is 0.433 e. The predicted octanol–water partition coefficient (Wildman–Crippen LogP) is 3.05. The molecule has 2 aromatic carbocycles. The minimum absolute atomic E-state index is 0.102. The van der Waals surface area contributed by atoms with E-state index in [0.717, 1.165) is 22.5 Å². The lowest BCUT2D eigenvalue weighted by Crippen LogP contribution is -2.54. The quantitative estimate of drug-likeness (QED) is 0.565. The standard InChI is InChI=1S/C19H15N3O5/c23-18(20-15-7-3-5-12-4-1-2-6-14(12)15)13-10-21(11-13)19(24)16-8-9-17(27-16)22(25)26/h1-9,13H,10-11H2,(H,20,23). The van der Waals surface area contributed by atoms with Gasteiger partial charge in [-0.25, -0.2) is 0 Å². The molecule has 4 rings (SSSR count). The molecule has 1 aliphatic rings. The lowest BCUT2D eigenvalue weighted by molar-refractivity contribution is -0.402. The fraction of sp³-hybridized carbons (Fsp3) is 0.158. The summed E-state index contributed by atoms with van der Waals surface area (Å²) in [5, 5.41) is 15.5. The van der Waals surface area contributed by atoms with Crippen molar-refractivity contribution in [3.05, 3.63) is 70.5 Å². The molecule has 136 valence electrons. The van der Waals surface area contributed by atoms with Crippen molar-refractivity contribution < 1.29 is 18.9 Å². The smallest absolute Gasteiger partial charge is 0.395 e. The second kappa shape index (κ2) is 6.56. The maximum atomic E-state index is 12.5. The lowest BCUT2D eigenvalue weighted by Gasteiger charge is -2.37. The molecule has 2 amide bonds. The first-order chi connectivity index (χ1) is 13.0. The summed E-state index contributed by atoms with van der Waals surface area (Å²) < 4.78 is 4.91. The summed E-state index contributed by atoms with van der Waals surface area (Å²) in [6.07, 6.45) is 0. The normalized spacial score (nSPS) is 14.0. The van der Waals surface area contributed by atoms with E-state index in [0.29, 0.717) is 0 Å². The van der Waals surface area contributed by atoms with Crippen molar-refractivity contribution in [2.45, 2.75) is 0 Å². The van der Waals surface area contributed by atoms with Gasteiger partial charge in [0.25, 0.3) is 5.91 Å². The molecular formula is C19H15N3O5. The van der Waals surface area contributed by atoms with Crippen LogP contribution in [0.25, 0.3) is 10.8 Å². The van der Waals surface area contributed by atoms with Gasteiger partial charge < -0.3 is 14.6 Å². The third kappa shape index (κ3) is 3.12. The Kier molecular flexibility index (Phi) is 4.08. The molecule has 0 radical (unpaired) electrons. The van der Waals surface area contributed by atoms with E-state index in [1.54, 1.807) is 0 Å². The molecule has 1 saturated heterocycles. The van der Waals surface area contributed by atoms with E-state index < -0.39 is 16.7 Å². The van der Waals surface area contributed by atoms with Crippen LogP contribution in [0.5, 0.6) is 0 Å². The van der Waals surface area contributed by atoms with Crippen molar-refractivity contribution in [1.82, 2.24) is 4.90 Å². The number of carbonyl (C=O) groups excluding carboxylic acids is 2. The van der Waals surface area contributed by atoms with Gasteiger partial charge in [-0.2, -0.15) is 0 Å². The molecule has 0 atom stereocenters. The van der Waals surface area contributed by atoms with Crippen molar-refractivity contribution in [3.8, 4) is 0 Å². The molecule has 1 fully saturated rings. The van der Waals surface area contributed by atoms with Crippen molar-refractivity contribution in [2.24, 2.45) is 5.92 Å². The first-order valence-electron chi connectivity index (χ1n) is 8.35. The van der Waals surface area contributed by atoms with Crippen LogP contribution in [0.15, 0.2) is 59.0 Å². The van der Waals surface area contributed by atoms with Crippen LogP contribution >= 0.6 is 0 Å². The number of hydrogen-bond acceptors (Lipinski definition) is 5. The van der Waals surface area contributed by atoms with E-state index in [1.165, 1.54) is 11.0 Å². The average molecular weight is 365 g/mol. The zero-order valence-electron chi connectivity index (χ0n) is 14.1. The topological polar surface area (TPSA) is 106 Å². The Hall–Kier alpha value is -3.68. The van der Waals surface area contributed by atoms with E-state index in [1.807, 2.05) is 42.5 Å². The van der Waals surface area contributed by atoms with Crippen LogP contribution in [-0.2, 0) is 4.79 Å². The van der Waals surface area contributed by atoms with Crippen LogP contribution in [0.3, 0.4) is 0 Å². The summed E-state index contributed by atoms with van der Waals surface area (Å²) in [5.41, 5.74) is 0.726. The number of furan rings is 1. The molecule has 0 aliphatic carbocycles. The van der Waals surface area contributed by atoms with Gasteiger partial charge in [-0.05, 0) is 17.5 Å². The number of amides is 2. The first kappa shape index (κ1) is 16.8.